The molecule has 1 aromatic rings. The minimum absolute atomic E-state index is 0.121. The minimum atomic E-state index is -0.121. The van der Waals surface area contributed by atoms with Crippen LogP contribution in [0, 0.1) is 0 Å². The number of nitrogens with one attached hydrogen (secondary N) is 2. The van der Waals surface area contributed by atoms with Crippen LogP contribution in [0.4, 0.5) is 5.69 Å². The number of anilines is 1. The maximum absolute atomic E-state index is 5.95. The standard InChI is InChI=1S/C16H24ClN3S/c1-3-5-6-7-12-16(4-2)18-15(21)20(19-16)14-10-8-13(17)9-11-14/h8-11,19H,3-7,12H2,1-2H3,(H,18,21)/t16-/m1/s1. The molecule has 116 valence electrons. The molecule has 5 heteroatoms. The molecule has 0 amide bonds. The average Bonchev–Trinajstić information content (AvgIpc) is 2.82. The fourth-order valence-corrected chi connectivity index (χ4v) is 3.11. The van der Waals surface area contributed by atoms with Crippen molar-refractivity contribution >= 4 is 34.6 Å². The van der Waals surface area contributed by atoms with Gasteiger partial charge in [0.25, 0.3) is 0 Å². The van der Waals surface area contributed by atoms with Gasteiger partial charge in [-0.25, -0.2) is 5.43 Å². The van der Waals surface area contributed by atoms with E-state index in [1.165, 1.54) is 25.7 Å². The number of hydrazine groups is 1. The highest BCUT2D eigenvalue weighted by Gasteiger charge is 2.38. The van der Waals surface area contributed by atoms with E-state index < -0.39 is 0 Å². The summed E-state index contributed by atoms with van der Waals surface area (Å²) in [4.78, 5) is 0. The topological polar surface area (TPSA) is 27.3 Å². The largest absolute Gasteiger partial charge is 0.342 e. The highest BCUT2D eigenvalue weighted by molar-refractivity contribution is 7.80. The number of hydrogen-bond acceptors (Lipinski definition) is 2. The van der Waals surface area contributed by atoms with E-state index in [1.807, 2.05) is 29.3 Å². The summed E-state index contributed by atoms with van der Waals surface area (Å²) < 4.78 is 0. The lowest BCUT2D eigenvalue weighted by atomic mass is 9.99. The van der Waals surface area contributed by atoms with Crippen molar-refractivity contribution in [2.75, 3.05) is 5.01 Å². The van der Waals surface area contributed by atoms with Crippen molar-refractivity contribution in [1.82, 2.24) is 10.7 Å². The first-order chi connectivity index (χ1) is 10.1. The number of halogens is 1. The monoisotopic (exact) mass is 325 g/mol. The van der Waals surface area contributed by atoms with Gasteiger partial charge in [-0.2, -0.15) is 0 Å². The Morgan fingerprint density at radius 3 is 2.48 bits per heavy atom. The lowest BCUT2D eigenvalue weighted by Crippen LogP contribution is -2.50. The van der Waals surface area contributed by atoms with Crippen LogP contribution in [0.15, 0.2) is 24.3 Å². The summed E-state index contributed by atoms with van der Waals surface area (Å²) in [6.07, 6.45) is 7.10. The maximum Gasteiger partial charge on any atom is 0.189 e. The van der Waals surface area contributed by atoms with E-state index in [-0.39, 0.29) is 5.66 Å². The van der Waals surface area contributed by atoms with Crippen LogP contribution in [0.25, 0.3) is 0 Å². The Bertz CT molecular complexity index is 477. The number of hydrogen-bond donors (Lipinski definition) is 2. The number of unbranched alkanes of at least 4 members (excludes halogenated alkanes) is 3. The van der Waals surface area contributed by atoms with Crippen molar-refractivity contribution in [3.8, 4) is 0 Å². The van der Waals surface area contributed by atoms with E-state index in [2.05, 4.69) is 24.6 Å². The van der Waals surface area contributed by atoms with Crippen LogP contribution in [0.2, 0.25) is 5.02 Å². The van der Waals surface area contributed by atoms with Crippen molar-refractivity contribution in [3.63, 3.8) is 0 Å². The summed E-state index contributed by atoms with van der Waals surface area (Å²) in [5.74, 6) is 0. The summed E-state index contributed by atoms with van der Waals surface area (Å²) in [7, 11) is 0. The molecule has 0 spiro atoms. The zero-order chi connectivity index (χ0) is 15.3. The quantitative estimate of drug-likeness (QED) is 0.565. The maximum atomic E-state index is 5.95. The summed E-state index contributed by atoms with van der Waals surface area (Å²) in [5.41, 5.74) is 4.45. The van der Waals surface area contributed by atoms with Crippen LogP contribution in [-0.2, 0) is 0 Å². The van der Waals surface area contributed by atoms with Gasteiger partial charge in [-0.05, 0) is 55.7 Å². The van der Waals surface area contributed by atoms with E-state index in [1.54, 1.807) is 0 Å². The van der Waals surface area contributed by atoms with Gasteiger partial charge in [0, 0.05) is 5.02 Å². The summed E-state index contributed by atoms with van der Waals surface area (Å²) in [6.45, 7) is 4.42. The molecular weight excluding hydrogens is 302 g/mol. The summed E-state index contributed by atoms with van der Waals surface area (Å²) in [5, 5.41) is 6.89. The van der Waals surface area contributed by atoms with Gasteiger partial charge in [0.1, 0.15) is 5.66 Å². The second-order valence-electron chi connectivity index (χ2n) is 5.60. The Kier molecular flexibility index (Phi) is 5.85. The number of nitrogens with zero attached hydrogens (tertiary/aromatic N) is 1. The zero-order valence-electron chi connectivity index (χ0n) is 12.8. The van der Waals surface area contributed by atoms with Crippen LogP contribution < -0.4 is 15.8 Å². The number of rotatable bonds is 7. The van der Waals surface area contributed by atoms with Crippen molar-refractivity contribution in [3.05, 3.63) is 29.3 Å². The molecule has 1 aliphatic rings. The van der Waals surface area contributed by atoms with Gasteiger partial charge in [0.05, 0.1) is 5.69 Å². The molecule has 0 unspecified atom stereocenters. The van der Waals surface area contributed by atoms with Gasteiger partial charge in [0.15, 0.2) is 5.11 Å². The van der Waals surface area contributed by atoms with Crippen molar-refractivity contribution in [2.24, 2.45) is 0 Å². The molecule has 21 heavy (non-hydrogen) atoms. The highest BCUT2D eigenvalue weighted by Crippen LogP contribution is 2.26. The average molecular weight is 326 g/mol. The van der Waals surface area contributed by atoms with Crippen molar-refractivity contribution in [1.29, 1.82) is 0 Å². The fraction of sp³-hybridized carbons (Fsp3) is 0.562. The molecule has 1 heterocycles. The molecule has 2 N–H and O–H groups in total. The predicted molar refractivity (Wildman–Crippen MR) is 94.6 cm³/mol. The number of thiocarbonyl (C=S) groups is 1. The third kappa shape index (κ3) is 4.09. The van der Waals surface area contributed by atoms with Crippen LogP contribution in [-0.4, -0.2) is 10.8 Å². The lowest BCUT2D eigenvalue weighted by Gasteiger charge is -2.28. The second-order valence-corrected chi connectivity index (χ2v) is 6.42. The van der Waals surface area contributed by atoms with Crippen LogP contribution in [0.1, 0.15) is 52.4 Å². The molecule has 2 rings (SSSR count). The summed E-state index contributed by atoms with van der Waals surface area (Å²) in [6, 6.07) is 7.72. The Labute approximate surface area is 138 Å². The van der Waals surface area contributed by atoms with Crippen LogP contribution in [0.5, 0.6) is 0 Å². The number of benzene rings is 1. The molecule has 1 aromatic carbocycles. The fourth-order valence-electron chi connectivity index (χ4n) is 2.64. The third-order valence-corrected chi connectivity index (χ3v) is 4.56. The molecule has 1 fully saturated rings. The van der Waals surface area contributed by atoms with Gasteiger partial charge in [-0.1, -0.05) is 44.7 Å². The van der Waals surface area contributed by atoms with E-state index in [4.69, 9.17) is 23.8 Å². The SMILES string of the molecule is CCCCCC[C@]1(CC)NC(=S)N(c2ccc(Cl)cc2)N1. The van der Waals surface area contributed by atoms with Gasteiger partial charge >= 0.3 is 0 Å². The molecule has 3 nitrogen and oxygen atoms in total. The highest BCUT2D eigenvalue weighted by atomic mass is 35.5. The molecule has 1 atom stereocenters. The lowest BCUT2D eigenvalue weighted by molar-refractivity contribution is 0.291. The predicted octanol–water partition coefficient (Wildman–Crippen LogP) is 4.62. The smallest absolute Gasteiger partial charge is 0.189 e. The van der Waals surface area contributed by atoms with Crippen LogP contribution in [0.3, 0.4) is 0 Å². The minimum Gasteiger partial charge on any atom is -0.342 e. The van der Waals surface area contributed by atoms with Crippen molar-refractivity contribution in [2.45, 2.75) is 58.0 Å². The first-order valence-corrected chi connectivity index (χ1v) is 8.54. The Hall–Kier alpha value is -0.840. The third-order valence-electron chi connectivity index (χ3n) is 4.02. The normalized spacial score (nSPS) is 21.7. The zero-order valence-corrected chi connectivity index (χ0v) is 14.4. The molecule has 0 radical (unpaired) electrons. The van der Waals surface area contributed by atoms with Crippen LogP contribution >= 0.6 is 23.8 Å². The Balaban J connectivity index is 2.03. The first-order valence-electron chi connectivity index (χ1n) is 7.76. The molecular formula is C16H24ClN3S. The van der Waals surface area contributed by atoms with Crippen molar-refractivity contribution < 1.29 is 0 Å². The second kappa shape index (κ2) is 7.43. The van der Waals surface area contributed by atoms with E-state index >= 15 is 0 Å². The molecule has 1 aliphatic heterocycles. The van der Waals surface area contributed by atoms with Gasteiger partial charge in [-0.3, -0.25) is 5.01 Å². The molecule has 0 aromatic heterocycles. The van der Waals surface area contributed by atoms with Gasteiger partial charge in [-0.15, -0.1) is 0 Å². The van der Waals surface area contributed by atoms with Gasteiger partial charge in [0.2, 0.25) is 0 Å². The molecule has 0 aliphatic carbocycles. The molecule has 1 saturated heterocycles. The van der Waals surface area contributed by atoms with E-state index in [0.717, 1.165) is 28.7 Å². The Morgan fingerprint density at radius 2 is 1.86 bits per heavy atom. The van der Waals surface area contributed by atoms with E-state index in [0.29, 0.717) is 0 Å². The summed E-state index contributed by atoms with van der Waals surface area (Å²) >= 11 is 11.4. The molecule has 0 bridgehead atoms. The first kappa shape index (κ1) is 16.5. The Morgan fingerprint density at radius 1 is 1.14 bits per heavy atom. The molecule has 0 saturated carbocycles. The van der Waals surface area contributed by atoms with E-state index in [9.17, 15) is 0 Å². The van der Waals surface area contributed by atoms with Gasteiger partial charge < -0.3 is 5.32 Å².